The lowest BCUT2D eigenvalue weighted by Crippen LogP contribution is -2.41. The van der Waals surface area contributed by atoms with Crippen LogP contribution in [0.5, 0.6) is 17.4 Å². The van der Waals surface area contributed by atoms with Gasteiger partial charge in [-0.1, -0.05) is 17.7 Å². The monoisotopic (exact) mass is 611 g/mol. The normalized spacial score (nSPS) is 12.1. The minimum absolute atomic E-state index is 0.0491. The molecule has 2 rings (SSSR count). The molecule has 2 aromatic rings. The number of methoxy groups -OCH3 is 1. The molecule has 1 aromatic heterocycles. The predicted octanol–water partition coefficient (Wildman–Crippen LogP) is 4.57. The Morgan fingerprint density at radius 1 is 1.18 bits per heavy atom. The first-order valence-electron chi connectivity index (χ1n) is 11.7. The highest BCUT2D eigenvalue weighted by Gasteiger charge is 2.32. The molecule has 16 heteroatoms. The van der Waals surface area contributed by atoms with Gasteiger partial charge in [-0.15, -0.1) is 0 Å². The Morgan fingerprint density at radius 3 is 2.58 bits per heavy atom. The number of halogens is 4. The molecule has 0 unspecified atom stereocenters. The van der Waals surface area contributed by atoms with Crippen molar-refractivity contribution in [2.24, 2.45) is 0 Å². The standard InChI is InChI=1S/C24H29ClF3N3O8S/c1-16(2)36-10-8-30-40(33,34)31-23(32)38-9-4-5-17-6-7-19(37-12-11-35-3)14-21(17)39-22-20(25)13-18(15-29-22)24(26,27)28/h4-7,13-16,30H,8-12H2,1-3H3,(H,31,32)/b5-4+. The van der Waals surface area contributed by atoms with Crippen LogP contribution in [0.25, 0.3) is 6.08 Å². The van der Waals surface area contributed by atoms with Crippen LogP contribution in [0.4, 0.5) is 18.0 Å². The molecule has 2 N–H and O–H groups in total. The van der Waals surface area contributed by atoms with Gasteiger partial charge in [0.15, 0.2) is 0 Å². The first-order valence-corrected chi connectivity index (χ1v) is 13.6. The zero-order valence-electron chi connectivity index (χ0n) is 21.8. The maximum absolute atomic E-state index is 13.0. The molecule has 222 valence electrons. The molecule has 0 bridgehead atoms. The summed E-state index contributed by atoms with van der Waals surface area (Å²) in [6, 6.07) is 5.31. The number of amides is 1. The first-order chi connectivity index (χ1) is 18.8. The van der Waals surface area contributed by atoms with Crippen LogP contribution < -0.4 is 18.9 Å². The molecule has 40 heavy (non-hydrogen) atoms. The number of carbonyl (C=O) groups excluding carboxylic acids is 1. The van der Waals surface area contributed by atoms with E-state index in [0.29, 0.717) is 30.2 Å². The van der Waals surface area contributed by atoms with Gasteiger partial charge in [0.25, 0.3) is 0 Å². The summed E-state index contributed by atoms with van der Waals surface area (Å²) in [6.07, 6.45) is -2.50. The second-order valence-electron chi connectivity index (χ2n) is 8.07. The van der Waals surface area contributed by atoms with E-state index in [1.807, 2.05) is 0 Å². The highest BCUT2D eigenvalue weighted by molar-refractivity contribution is 7.88. The lowest BCUT2D eigenvalue weighted by atomic mass is 10.1. The van der Waals surface area contributed by atoms with Gasteiger partial charge in [-0.05, 0) is 38.1 Å². The van der Waals surface area contributed by atoms with Crippen LogP contribution in [-0.4, -0.2) is 65.7 Å². The lowest BCUT2D eigenvalue weighted by molar-refractivity contribution is -0.137. The van der Waals surface area contributed by atoms with Crippen LogP contribution in [0.15, 0.2) is 36.5 Å². The Hall–Kier alpha value is -3.11. The Bertz CT molecular complexity index is 1260. The topological polar surface area (TPSA) is 134 Å². The predicted molar refractivity (Wildman–Crippen MR) is 140 cm³/mol. The molecule has 11 nitrogen and oxygen atoms in total. The van der Waals surface area contributed by atoms with E-state index >= 15 is 0 Å². The number of hydrogen-bond donors (Lipinski definition) is 2. The van der Waals surface area contributed by atoms with Crippen molar-refractivity contribution in [3.8, 4) is 17.4 Å². The molecule has 0 spiro atoms. The van der Waals surface area contributed by atoms with Crippen LogP contribution in [0.2, 0.25) is 5.02 Å². The van der Waals surface area contributed by atoms with Crippen LogP contribution in [0, 0.1) is 0 Å². The molecule has 1 amide bonds. The summed E-state index contributed by atoms with van der Waals surface area (Å²) in [4.78, 5) is 15.5. The van der Waals surface area contributed by atoms with Crippen molar-refractivity contribution in [1.29, 1.82) is 0 Å². The van der Waals surface area contributed by atoms with E-state index in [1.54, 1.807) is 30.7 Å². The summed E-state index contributed by atoms with van der Waals surface area (Å²) in [5.74, 6) is 0.185. The maximum atomic E-state index is 13.0. The van der Waals surface area contributed by atoms with Crippen molar-refractivity contribution in [1.82, 2.24) is 14.4 Å². The van der Waals surface area contributed by atoms with E-state index in [2.05, 4.69) is 9.71 Å². The van der Waals surface area contributed by atoms with Crippen molar-refractivity contribution >= 4 is 34.0 Å². The summed E-state index contributed by atoms with van der Waals surface area (Å²) < 4.78 is 92.6. The van der Waals surface area contributed by atoms with E-state index in [-0.39, 0.29) is 49.1 Å². The van der Waals surface area contributed by atoms with Gasteiger partial charge in [-0.3, -0.25) is 0 Å². The van der Waals surface area contributed by atoms with E-state index in [4.69, 9.17) is 35.3 Å². The summed E-state index contributed by atoms with van der Waals surface area (Å²) in [5, 5.41) is -0.374. The van der Waals surface area contributed by atoms with Gasteiger partial charge in [-0.25, -0.2) is 14.5 Å². The fourth-order valence-corrected chi connectivity index (χ4v) is 3.69. The molecule has 1 heterocycles. The average Bonchev–Trinajstić information content (AvgIpc) is 2.86. The minimum atomic E-state index is -4.64. The number of benzene rings is 1. The zero-order chi connectivity index (χ0) is 29.8. The largest absolute Gasteiger partial charge is 0.491 e. The third-order valence-corrected chi connectivity index (χ3v) is 5.84. The first kappa shape index (κ1) is 33.1. The molecule has 0 saturated carbocycles. The van der Waals surface area contributed by atoms with E-state index in [9.17, 15) is 26.4 Å². The SMILES string of the molecule is COCCOc1ccc(/C=C/COC(=O)NS(=O)(=O)NCCOC(C)C)c(Oc2ncc(C(F)(F)F)cc2Cl)c1. The van der Waals surface area contributed by atoms with Gasteiger partial charge in [0.2, 0.25) is 5.88 Å². The summed E-state index contributed by atoms with van der Waals surface area (Å²) in [5.41, 5.74) is -0.654. The highest BCUT2D eigenvalue weighted by Crippen LogP contribution is 2.36. The second kappa shape index (κ2) is 15.6. The number of ether oxygens (including phenoxy) is 5. The molecular formula is C24H29ClF3N3O8S. The van der Waals surface area contributed by atoms with Crippen molar-refractivity contribution in [2.75, 3.05) is 40.1 Å². The Kier molecular flexibility index (Phi) is 12.9. The van der Waals surface area contributed by atoms with Crippen LogP contribution in [0.1, 0.15) is 25.0 Å². The Morgan fingerprint density at radius 2 is 1.93 bits per heavy atom. The molecule has 0 radical (unpaired) electrons. The number of alkyl halides is 3. The number of carbonyl (C=O) groups is 1. The van der Waals surface area contributed by atoms with E-state index in [1.165, 1.54) is 25.3 Å². The number of nitrogens with one attached hydrogen (secondary N) is 2. The van der Waals surface area contributed by atoms with Crippen LogP contribution in [-0.2, 0) is 30.6 Å². The molecule has 0 aliphatic heterocycles. The van der Waals surface area contributed by atoms with E-state index < -0.39 is 28.0 Å². The van der Waals surface area contributed by atoms with Gasteiger partial charge in [0.1, 0.15) is 29.7 Å². The van der Waals surface area contributed by atoms with Crippen molar-refractivity contribution in [2.45, 2.75) is 26.1 Å². The number of nitrogens with zero attached hydrogens (tertiary/aromatic N) is 1. The van der Waals surface area contributed by atoms with Crippen molar-refractivity contribution < 1.29 is 50.1 Å². The van der Waals surface area contributed by atoms with E-state index in [0.717, 1.165) is 0 Å². The van der Waals surface area contributed by atoms with Crippen LogP contribution >= 0.6 is 11.6 Å². The van der Waals surface area contributed by atoms with Crippen molar-refractivity contribution in [3.05, 3.63) is 52.7 Å². The third-order valence-electron chi connectivity index (χ3n) is 4.55. The molecular weight excluding hydrogens is 583 g/mol. The number of rotatable bonds is 15. The molecule has 0 fully saturated rings. The fourth-order valence-electron chi connectivity index (χ4n) is 2.78. The van der Waals surface area contributed by atoms with Gasteiger partial charge in [0.05, 0.1) is 24.9 Å². The minimum Gasteiger partial charge on any atom is -0.491 e. The molecule has 1 aromatic carbocycles. The fraction of sp³-hybridized carbons (Fsp3) is 0.417. The quantitative estimate of drug-likeness (QED) is 0.278. The summed E-state index contributed by atoms with van der Waals surface area (Å²) in [6.45, 7) is 3.84. The van der Waals surface area contributed by atoms with Crippen LogP contribution in [0.3, 0.4) is 0 Å². The zero-order valence-corrected chi connectivity index (χ0v) is 23.4. The summed E-state index contributed by atoms with van der Waals surface area (Å²) in [7, 11) is -2.65. The smallest absolute Gasteiger partial charge is 0.422 e. The number of pyridine rings is 1. The number of aromatic nitrogens is 1. The molecule has 0 atom stereocenters. The molecule has 0 saturated heterocycles. The Labute approximate surface area is 234 Å². The van der Waals surface area contributed by atoms with Gasteiger partial charge in [0, 0.05) is 31.5 Å². The third kappa shape index (κ3) is 12.0. The molecule has 0 aliphatic rings. The lowest BCUT2D eigenvalue weighted by Gasteiger charge is -2.13. The maximum Gasteiger partial charge on any atom is 0.422 e. The van der Waals surface area contributed by atoms with Gasteiger partial charge < -0.3 is 23.7 Å². The molecule has 0 aliphatic carbocycles. The van der Waals surface area contributed by atoms with Crippen molar-refractivity contribution in [3.63, 3.8) is 0 Å². The van der Waals surface area contributed by atoms with Gasteiger partial charge >= 0.3 is 22.5 Å². The number of hydrogen-bond acceptors (Lipinski definition) is 9. The Balaban J connectivity index is 2.08. The average molecular weight is 612 g/mol. The summed E-state index contributed by atoms with van der Waals surface area (Å²) >= 11 is 5.97. The highest BCUT2D eigenvalue weighted by atomic mass is 35.5. The van der Waals surface area contributed by atoms with Gasteiger partial charge in [-0.2, -0.15) is 26.3 Å². The second-order valence-corrected chi connectivity index (χ2v) is 9.98.